The lowest BCUT2D eigenvalue weighted by Gasteiger charge is -2.30. The predicted octanol–water partition coefficient (Wildman–Crippen LogP) is 0.712. The van der Waals surface area contributed by atoms with Crippen LogP contribution in [0.25, 0.3) is 0 Å². The minimum atomic E-state index is -1.13. The van der Waals surface area contributed by atoms with E-state index in [9.17, 15) is 9.59 Å². The smallest absolute Gasteiger partial charge is 0.328 e. The topological polar surface area (TPSA) is 70.0 Å². The van der Waals surface area contributed by atoms with Crippen molar-refractivity contribution < 1.29 is 14.7 Å². The summed E-state index contributed by atoms with van der Waals surface area (Å²) in [5, 5.41) is 8.62. The van der Waals surface area contributed by atoms with Crippen molar-refractivity contribution in [3.05, 3.63) is 35.6 Å². The van der Waals surface area contributed by atoms with Crippen LogP contribution in [0, 0.1) is 0 Å². The zero-order valence-electron chi connectivity index (χ0n) is 8.67. The molecular weight excluding hydrogens is 208 g/mol. The molecule has 0 atom stereocenters. The van der Waals surface area contributed by atoms with Crippen LogP contribution in [0.4, 0.5) is 0 Å². The third kappa shape index (κ3) is 1.79. The molecule has 2 aliphatic heterocycles. The lowest BCUT2D eigenvalue weighted by Crippen LogP contribution is -2.37. The highest BCUT2D eigenvalue weighted by atomic mass is 16.4. The van der Waals surface area contributed by atoms with Gasteiger partial charge in [0.25, 0.3) is 5.91 Å². The number of carbonyl (C=O) groups is 2. The molecule has 2 aliphatic rings. The van der Waals surface area contributed by atoms with E-state index in [1.54, 1.807) is 11.0 Å². The molecule has 82 valence electrons. The van der Waals surface area contributed by atoms with Crippen LogP contribution in [-0.4, -0.2) is 34.3 Å². The lowest BCUT2D eigenvalue weighted by atomic mass is 10.1. The van der Waals surface area contributed by atoms with Gasteiger partial charge in [0.15, 0.2) is 0 Å². The average molecular weight is 218 g/mol. The van der Waals surface area contributed by atoms with Gasteiger partial charge in [-0.1, -0.05) is 6.08 Å². The van der Waals surface area contributed by atoms with E-state index in [1.165, 1.54) is 0 Å². The Bertz CT molecular complexity index is 483. The quantitative estimate of drug-likeness (QED) is 0.658. The van der Waals surface area contributed by atoms with Crippen molar-refractivity contribution >= 4 is 17.7 Å². The van der Waals surface area contributed by atoms with Gasteiger partial charge in [0.05, 0.1) is 6.54 Å². The molecule has 0 aromatic rings. The largest absolute Gasteiger partial charge is 0.478 e. The third-order valence-electron chi connectivity index (χ3n) is 2.40. The first-order valence-corrected chi connectivity index (χ1v) is 4.77. The summed E-state index contributed by atoms with van der Waals surface area (Å²) in [5.74, 6) is -1.04. The monoisotopic (exact) mass is 218 g/mol. The molecule has 2 rings (SSSR count). The van der Waals surface area contributed by atoms with Gasteiger partial charge in [0.1, 0.15) is 5.84 Å². The summed E-state index contributed by atoms with van der Waals surface area (Å²) in [6.45, 7) is 2.14. The molecule has 0 aromatic heterocycles. The molecule has 0 unspecified atom stereocenters. The van der Waals surface area contributed by atoms with Gasteiger partial charge in [-0.25, -0.2) is 4.79 Å². The molecule has 1 amide bonds. The molecule has 0 aromatic carbocycles. The molecule has 16 heavy (non-hydrogen) atoms. The number of hydrogen-bond acceptors (Lipinski definition) is 3. The normalized spacial score (nSPS) is 21.7. The van der Waals surface area contributed by atoms with Crippen molar-refractivity contribution in [3.63, 3.8) is 0 Å². The Morgan fingerprint density at radius 1 is 1.62 bits per heavy atom. The van der Waals surface area contributed by atoms with Crippen LogP contribution in [0.3, 0.4) is 0 Å². The lowest BCUT2D eigenvalue weighted by molar-refractivity contribution is -0.131. The highest BCUT2D eigenvalue weighted by Crippen LogP contribution is 2.19. The second-order valence-corrected chi connectivity index (χ2v) is 3.54. The van der Waals surface area contributed by atoms with E-state index in [-0.39, 0.29) is 12.1 Å². The van der Waals surface area contributed by atoms with Crippen LogP contribution in [0.15, 0.2) is 40.6 Å². The van der Waals surface area contributed by atoms with E-state index in [4.69, 9.17) is 5.11 Å². The van der Waals surface area contributed by atoms with E-state index in [1.807, 2.05) is 19.1 Å². The van der Waals surface area contributed by atoms with Crippen LogP contribution in [-0.2, 0) is 9.59 Å². The van der Waals surface area contributed by atoms with Crippen LogP contribution in [0.5, 0.6) is 0 Å². The summed E-state index contributed by atoms with van der Waals surface area (Å²) in [4.78, 5) is 27.7. The standard InChI is InChI=1S/C11H10N2O3/c1-7-3-2-4-9-12-11(16)8(5-10(14)15)6-13(7)9/h2-5H,6H2,1H3,(H,14,15)/b8-5-. The Kier molecular flexibility index (Phi) is 2.44. The number of amidine groups is 1. The van der Waals surface area contributed by atoms with E-state index >= 15 is 0 Å². The fourth-order valence-electron chi connectivity index (χ4n) is 1.61. The number of allylic oxidation sites excluding steroid dienone is 3. The van der Waals surface area contributed by atoms with Gasteiger partial charge in [0.2, 0.25) is 0 Å². The molecule has 0 radical (unpaired) electrons. The molecule has 5 heteroatoms. The van der Waals surface area contributed by atoms with Gasteiger partial charge in [-0.15, -0.1) is 0 Å². The summed E-state index contributed by atoms with van der Waals surface area (Å²) >= 11 is 0. The Balaban J connectivity index is 2.38. The number of hydrogen-bond donors (Lipinski definition) is 1. The van der Waals surface area contributed by atoms with Crippen LogP contribution in [0.2, 0.25) is 0 Å². The summed E-state index contributed by atoms with van der Waals surface area (Å²) in [6.07, 6.45) is 6.33. The Hall–Kier alpha value is -2.17. The van der Waals surface area contributed by atoms with Crippen molar-refractivity contribution in [2.75, 3.05) is 6.54 Å². The second-order valence-electron chi connectivity index (χ2n) is 3.54. The van der Waals surface area contributed by atoms with E-state index in [2.05, 4.69) is 4.99 Å². The van der Waals surface area contributed by atoms with E-state index < -0.39 is 11.9 Å². The molecule has 2 heterocycles. The van der Waals surface area contributed by atoms with Gasteiger partial charge in [-0.3, -0.25) is 4.79 Å². The first-order valence-electron chi connectivity index (χ1n) is 4.77. The minimum Gasteiger partial charge on any atom is -0.478 e. The van der Waals surface area contributed by atoms with E-state index in [0.29, 0.717) is 5.84 Å². The zero-order valence-corrected chi connectivity index (χ0v) is 8.67. The molecule has 0 saturated heterocycles. The molecular formula is C11H10N2O3. The first kappa shape index (κ1) is 10.4. The summed E-state index contributed by atoms with van der Waals surface area (Å²) < 4.78 is 0. The second kappa shape index (κ2) is 3.77. The fourth-order valence-corrected chi connectivity index (χ4v) is 1.61. The highest BCUT2D eigenvalue weighted by Gasteiger charge is 2.25. The van der Waals surface area contributed by atoms with Crippen molar-refractivity contribution in [2.45, 2.75) is 6.92 Å². The number of aliphatic imine (C=N–C) groups is 1. The SMILES string of the molecule is CC1=CC=CC2=NC(=O)/C(=C\C(=O)O)CN12. The average Bonchev–Trinajstić information content (AvgIpc) is 2.20. The van der Waals surface area contributed by atoms with Crippen LogP contribution >= 0.6 is 0 Å². The maximum atomic E-state index is 11.5. The summed E-state index contributed by atoms with van der Waals surface area (Å²) in [5.41, 5.74) is 1.13. The minimum absolute atomic E-state index is 0.194. The van der Waals surface area contributed by atoms with Crippen molar-refractivity contribution in [1.82, 2.24) is 4.90 Å². The predicted molar refractivity (Wildman–Crippen MR) is 57.8 cm³/mol. The summed E-state index contributed by atoms with van der Waals surface area (Å²) in [7, 11) is 0. The van der Waals surface area contributed by atoms with Gasteiger partial charge in [-0.2, -0.15) is 4.99 Å². The molecule has 0 saturated carbocycles. The molecule has 0 fully saturated rings. The van der Waals surface area contributed by atoms with Gasteiger partial charge >= 0.3 is 5.97 Å². The molecule has 0 spiro atoms. The Morgan fingerprint density at radius 2 is 2.38 bits per heavy atom. The fraction of sp³-hybridized carbons (Fsp3) is 0.182. The molecule has 5 nitrogen and oxygen atoms in total. The van der Waals surface area contributed by atoms with E-state index in [0.717, 1.165) is 11.8 Å². The molecule has 0 aliphatic carbocycles. The number of aliphatic carboxylic acids is 1. The number of carbonyl (C=O) groups excluding carboxylic acids is 1. The molecule has 1 N–H and O–H groups in total. The summed E-state index contributed by atoms with van der Waals surface area (Å²) in [6, 6.07) is 0. The third-order valence-corrected chi connectivity index (χ3v) is 2.40. The van der Waals surface area contributed by atoms with Crippen LogP contribution in [0.1, 0.15) is 6.92 Å². The van der Waals surface area contributed by atoms with Crippen molar-refractivity contribution in [2.24, 2.45) is 4.99 Å². The first-order chi connectivity index (χ1) is 7.58. The van der Waals surface area contributed by atoms with Crippen molar-refractivity contribution in [3.8, 4) is 0 Å². The Morgan fingerprint density at radius 3 is 3.06 bits per heavy atom. The molecule has 0 bridgehead atoms. The maximum Gasteiger partial charge on any atom is 0.328 e. The number of carboxylic acid groups (broad SMARTS) is 1. The van der Waals surface area contributed by atoms with Gasteiger partial charge < -0.3 is 10.0 Å². The zero-order chi connectivity index (χ0) is 11.7. The van der Waals surface area contributed by atoms with Gasteiger partial charge in [-0.05, 0) is 19.1 Å². The number of fused-ring (bicyclic) bond motifs is 1. The van der Waals surface area contributed by atoms with Crippen molar-refractivity contribution in [1.29, 1.82) is 0 Å². The number of nitrogens with zero attached hydrogens (tertiary/aromatic N) is 2. The van der Waals surface area contributed by atoms with Crippen LogP contribution < -0.4 is 0 Å². The number of rotatable bonds is 1. The number of amides is 1. The van der Waals surface area contributed by atoms with Gasteiger partial charge in [0, 0.05) is 17.3 Å². The highest BCUT2D eigenvalue weighted by molar-refractivity contribution is 6.12. The Labute approximate surface area is 92.1 Å². The maximum absolute atomic E-state index is 11.5. The number of carboxylic acids is 1.